The fourth-order valence-electron chi connectivity index (χ4n) is 0.151. The second-order valence-electron chi connectivity index (χ2n) is 0.698. The van der Waals surface area contributed by atoms with Gasteiger partial charge in [0.15, 0.2) is 5.51 Å². The first-order valence-corrected chi connectivity index (χ1v) is 2.11. The van der Waals surface area contributed by atoms with Crippen LogP contribution in [0.1, 0.15) is 0 Å². The highest BCUT2D eigenvalue weighted by atomic mass is 32.1. The molecule has 1 aromatic rings. The first-order valence-electron chi connectivity index (χ1n) is 1.29. The summed E-state index contributed by atoms with van der Waals surface area (Å²) in [4.78, 5) is 3.09. The molecule has 1 nitrogen and oxygen atoms in total. The monoisotopic (exact) mass is 101 g/mol. The fraction of sp³-hybridized carbons (Fsp3) is 0. The van der Waals surface area contributed by atoms with Crippen LogP contribution in [-0.4, -0.2) is 4.98 Å². The summed E-state index contributed by atoms with van der Waals surface area (Å²) in [5.41, 5.74) is 2.29. The number of thiazole rings is 1. The van der Waals surface area contributed by atoms with Crippen molar-refractivity contribution >= 4 is 11.3 Å². The maximum absolute atomic E-state index is 11.5. The Labute approximate surface area is 38.5 Å². The number of rotatable bonds is 0. The standard InChI is InChI=1S/C3FNS/c4-3-1-6-2-5-3. The van der Waals surface area contributed by atoms with Gasteiger partial charge in [0.05, 0.1) is 0 Å². The Morgan fingerprint density at radius 3 is 2.83 bits per heavy atom. The van der Waals surface area contributed by atoms with E-state index in [0.717, 1.165) is 11.3 Å². The molecule has 0 aliphatic heterocycles. The zero-order valence-electron chi connectivity index (χ0n) is 2.73. The number of aromatic nitrogens is 1. The molecular weight excluding hydrogens is 101 g/mol. The van der Waals surface area contributed by atoms with Gasteiger partial charge < -0.3 is 0 Å². The Hall–Kier alpha value is -0.440. The maximum Gasteiger partial charge on any atom is 0.233 e. The van der Waals surface area contributed by atoms with E-state index >= 15 is 0 Å². The van der Waals surface area contributed by atoms with Crippen LogP contribution in [0.3, 0.4) is 0 Å². The van der Waals surface area contributed by atoms with Gasteiger partial charge in [-0.1, -0.05) is 0 Å². The quantitative estimate of drug-likeness (QED) is 0.472. The van der Waals surface area contributed by atoms with Crippen molar-refractivity contribution in [2.45, 2.75) is 0 Å². The molecule has 30 valence electrons. The molecule has 0 N–H and O–H groups in total. The molecule has 0 amide bonds. The van der Waals surface area contributed by atoms with E-state index in [9.17, 15) is 4.39 Å². The molecule has 0 saturated carbocycles. The highest BCUT2D eigenvalue weighted by Gasteiger charge is 1.84. The number of nitrogens with zero attached hydrogens (tertiary/aromatic N) is 1. The molecule has 1 rings (SSSR count). The summed E-state index contributed by atoms with van der Waals surface area (Å²) < 4.78 is 11.5. The molecule has 0 fully saturated rings. The van der Waals surface area contributed by atoms with Crippen molar-refractivity contribution in [3.8, 4) is 0 Å². The lowest BCUT2D eigenvalue weighted by Gasteiger charge is -1.57. The van der Waals surface area contributed by atoms with Crippen LogP contribution in [0.4, 0.5) is 4.39 Å². The van der Waals surface area contributed by atoms with Crippen molar-refractivity contribution in [2.24, 2.45) is 0 Å². The molecule has 1 aromatic heterocycles. The summed E-state index contributed by atoms with van der Waals surface area (Å²) in [6.07, 6.45) is 0. The van der Waals surface area contributed by atoms with E-state index in [1.54, 1.807) is 0 Å². The third-order valence-corrected chi connectivity index (χ3v) is 0.778. The van der Waals surface area contributed by atoms with Crippen LogP contribution in [-0.2, 0) is 0 Å². The highest BCUT2D eigenvalue weighted by molar-refractivity contribution is 7.06. The summed E-state index contributed by atoms with van der Waals surface area (Å²) >= 11 is 1.00. The van der Waals surface area contributed by atoms with Gasteiger partial charge in [-0.15, -0.1) is 11.3 Å². The van der Waals surface area contributed by atoms with Gasteiger partial charge in [0.1, 0.15) is 5.38 Å². The molecule has 0 aliphatic carbocycles. The van der Waals surface area contributed by atoms with Gasteiger partial charge in [-0.25, -0.2) is 4.98 Å². The van der Waals surface area contributed by atoms with E-state index in [0.29, 0.717) is 0 Å². The number of hydrogen-bond donors (Lipinski definition) is 0. The van der Waals surface area contributed by atoms with E-state index in [-0.39, 0.29) is 0 Å². The zero-order chi connectivity index (χ0) is 4.41. The van der Waals surface area contributed by atoms with Crippen LogP contribution in [0.25, 0.3) is 0 Å². The molecular formula is C3FNS. The Morgan fingerprint density at radius 2 is 2.67 bits per heavy atom. The Bertz CT molecular complexity index is 114. The molecule has 6 heavy (non-hydrogen) atoms. The molecule has 0 unspecified atom stereocenters. The zero-order valence-corrected chi connectivity index (χ0v) is 3.55. The Morgan fingerprint density at radius 1 is 1.83 bits per heavy atom. The third kappa shape index (κ3) is 0.542. The van der Waals surface area contributed by atoms with E-state index in [2.05, 4.69) is 15.9 Å². The van der Waals surface area contributed by atoms with Crippen molar-refractivity contribution in [3.05, 3.63) is 16.8 Å². The van der Waals surface area contributed by atoms with Crippen molar-refractivity contribution in [1.82, 2.24) is 4.98 Å². The predicted molar refractivity (Wildman–Crippen MR) is 19.7 cm³/mol. The summed E-state index contributed by atoms with van der Waals surface area (Å²) in [6.45, 7) is 0. The topological polar surface area (TPSA) is 12.9 Å². The maximum atomic E-state index is 11.5. The minimum atomic E-state index is -0.569. The van der Waals surface area contributed by atoms with Gasteiger partial charge in [-0.2, -0.15) is 4.39 Å². The van der Waals surface area contributed by atoms with E-state index in [1.807, 2.05) is 0 Å². The average molecular weight is 101 g/mol. The molecule has 2 radical (unpaired) electrons. The van der Waals surface area contributed by atoms with Crippen molar-refractivity contribution in [1.29, 1.82) is 0 Å². The summed E-state index contributed by atoms with van der Waals surface area (Å²) in [5, 5.41) is 2.21. The predicted octanol–water partition coefficient (Wildman–Crippen LogP) is 0.883. The molecule has 1 heterocycles. The van der Waals surface area contributed by atoms with Gasteiger partial charge in [0, 0.05) is 0 Å². The van der Waals surface area contributed by atoms with Crippen molar-refractivity contribution in [2.75, 3.05) is 0 Å². The Balaban J connectivity index is 3.05. The number of hydrogen-bond acceptors (Lipinski definition) is 2. The molecule has 0 aromatic carbocycles. The van der Waals surface area contributed by atoms with Crippen LogP contribution in [0.2, 0.25) is 0 Å². The normalized spacial score (nSPS) is 8.83. The second-order valence-corrected chi connectivity index (χ2v) is 1.29. The number of halogens is 1. The van der Waals surface area contributed by atoms with Gasteiger partial charge >= 0.3 is 0 Å². The Kier molecular flexibility index (Phi) is 0.837. The van der Waals surface area contributed by atoms with Crippen molar-refractivity contribution in [3.63, 3.8) is 0 Å². The lowest BCUT2D eigenvalue weighted by Crippen LogP contribution is -1.62. The first-order chi connectivity index (χ1) is 2.89. The molecule has 0 aliphatic rings. The minimum Gasteiger partial charge on any atom is -0.205 e. The van der Waals surface area contributed by atoms with Gasteiger partial charge in [0.2, 0.25) is 5.95 Å². The lowest BCUT2D eigenvalue weighted by molar-refractivity contribution is 0.589. The van der Waals surface area contributed by atoms with Crippen LogP contribution < -0.4 is 0 Å². The summed E-state index contributed by atoms with van der Waals surface area (Å²) in [7, 11) is 0. The van der Waals surface area contributed by atoms with Crippen LogP contribution in [0.5, 0.6) is 0 Å². The second kappa shape index (κ2) is 1.34. The largest absolute Gasteiger partial charge is 0.233 e. The van der Waals surface area contributed by atoms with E-state index in [1.165, 1.54) is 0 Å². The fourth-order valence-corrected chi connectivity index (χ4v) is 0.452. The molecule has 0 saturated heterocycles. The van der Waals surface area contributed by atoms with Gasteiger partial charge in [-0.3, -0.25) is 0 Å². The lowest BCUT2D eigenvalue weighted by atomic mass is 11.0. The van der Waals surface area contributed by atoms with Gasteiger partial charge in [0.25, 0.3) is 0 Å². The van der Waals surface area contributed by atoms with E-state index in [4.69, 9.17) is 0 Å². The SMILES string of the molecule is Fc1[c]s[c]n1. The highest BCUT2D eigenvalue weighted by Crippen LogP contribution is 1.92. The summed E-state index contributed by atoms with van der Waals surface area (Å²) in [5.74, 6) is -0.569. The molecule has 3 heteroatoms. The average Bonchev–Trinajstić information content (AvgIpc) is 1.86. The molecule has 0 spiro atoms. The van der Waals surface area contributed by atoms with Gasteiger partial charge in [-0.05, 0) is 0 Å². The third-order valence-electron chi connectivity index (χ3n) is 0.325. The van der Waals surface area contributed by atoms with Crippen LogP contribution >= 0.6 is 11.3 Å². The van der Waals surface area contributed by atoms with Crippen LogP contribution in [0, 0.1) is 16.8 Å². The smallest absolute Gasteiger partial charge is 0.205 e. The minimum absolute atomic E-state index is 0.569. The molecule has 0 atom stereocenters. The van der Waals surface area contributed by atoms with Crippen molar-refractivity contribution < 1.29 is 4.39 Å². The first kappa shape index (κ1) is 3.74. The van der Waals surface area contributed by atoms with Crippen LogP contribution in [0.15, 0.2) is 0 Å². The summed E-state index contributed by atoms with van der Waals surface area (Å²) in [6, 6.07) is 0. The molecule has 0 bridgehead atoms. The van der Waals surface area contributed by atoms with E-state index < -0.39 is 5.95 Å².